The summed E-state index contributed by atoms with van der Waals surface area (Å²) in [6.07, 6.45) is 3.21. The van der Waals surface area contributed by atoms with Crippen LogP contribution in [0.3, 0.4) is 0 Å². The highest BCUT2D eigenvalue weighted by Gasteiger charge is 2.14. The van der Waals surface area contributed by atoms with E-state index in [2.05, 4.69) is 55.2 Å². The number of carbonyl (C=O) groups excluding carboxylic acids is 1. The minimum atomic E-state index is 0.0572. The SMILES string of the molecule is Cc1cccnc1CC(C)N(C)CCC(=O)Nc1cccc(C)c1C. The fraction of sp³-hybridized carbons (Fsp3) is 0.429. The van der Waals surface area contributed by atoms with Crippen molar-refractivity contribution in [2.75, 3.05) is 18.9 Å². The summed E-state index contributed by atoms with van der Waals surface area (Å²) in [7, 11) is 2.06. The fourth-order valence-electron chi connectivity index (χ4n) is 2.77. The molecule has 4 nitrogen and oxygen atoms in total. The Balaban J connectivity index is 1.84. The normalized spacial score (nSPS) is 12.2. The molecule has 25 heavy (non-hydrogen) atoms. The number of rotatable bonds is 7. The average molecular weight is 339 g/mol. The van der Waals surface area contributed by atoms with Gasteiger partial charge in [0.2, 0.25) is 5.91 Å². The monoisotopic (exact) mass is 339 g/mol. The van der Waals surface area contributed by atoms with E-state index >= 15 is 0 Å². The van der Waals surface area contributed by atoms with Crippen LogP contribution in [0.15, 0.2) is 36.5 Å². The minimum Gasteiger partial charge on any atom is -0.326 e. The Bertz CT molecular complexity index is 727. The second-order valence-corrected chi connectivity index (χ2v) is 6.85. The van der Waals surface area contributed by atoms with Crippen LogP contribution in [0.1, 0.15) is 35.7 Å². The van der Waals surface area contributed by atoms with Gasteiger partial charge in [0.05, 0.1) is 0 Å². The number of hydrogen-bond acceptors (Lipinski definition) is 3. The number of hydrogen-bond donors (Lipinski definition) is 1. The number of carbonyl (C=O) groups is 1. The third-order valence-corrected chi connectivity index (χ3v) is 4.93. The van der Waals surface area contributed by atoms with Gasteiger partial charge >= 0.3 is 0 Å². The number of aromatic nitrogens is 1. The van der Waals surface area contributed by atoms with Crippen LogP contribution in [0, 0.1) is 20.8 Å². The zero-order valence-electron chi connectivity index (χ0n) is 16.0. The molecule has 1 atom stereocenters. The Kier molecular flexibility index (Phi) is 6.71. The number of pyridine rings is 1. The van der Waals surface area contributed by atoms with Crippen LogP contribution >= 0.6 is 0 Å². The predicted molar refractivity (Wildman–Crippen MR) is 104 cm³/mol. The van der Waals surface area contributed by atoms with E-state index in [4.69, 9.17) is 0 Å². The topological polar surface area (TPSA) is 45.2 Å². The molecule has 2 rings (SSSR count). The molecule has 1 N–H and O–H groups in total. The molecule has 0 saturated carbocycles. The summed E-state index contributed by atoms with van der Waals surface area (Å²) in [6, 6.07) is 10.4. The van der Waals surface area contributed by atoms with Crippen LogP contribution < -0.4 is 5.32 Å². The highest BCUT2D eigenvalue weighted by Crippen LogP contribution is 2.18. The molecule has 1 heterocycles. The Morgan fingerprint density at radius 3 is 2.60 bits per heavy atom. The molecule has 0 bridgehead atoms. The van der Waals surface area contributed by atoms with E-state index in [0.29, 0.717) is 12.5 Å². The third kappa shape index (κ3) is 5.40. The summed E-state index contributed by atoms with van der Waals surface area (Å²) in [5.41, 5.74) is 5.57. The van der Waals surface area contributed by atoms with Crippen LogP contribution in [0.5, 0.6) is 0 Å². The molecule has 0 aliphatic carbocycles. The first kappa shape index (κ1) is 19.1. The van der Waals surface area contributed by atoms with Gasteiger partial charge < -0.3 is 10.2 Å². The standard InChI is InChI=1S/C21H29N3O/c1-15-8-6-10-19(18(15)4)23-21(25)11-13-24(5)17(3)14-20-16(2)9-7-12-22-20/h6-10,12,17H,11,13-14H2,1-5H3,(H,23,25). The summed E-state index contributed by atoms with van der Waals surface area (Å²) in [4.78, 5) is 18.9. The van der Waals surface area contributed by atoms with Crippen molar-refractivity contribution in [3.05, 3.63) is 58.9 Å². The highest BCUT2D eigenvalue weighted by atomic mass is 16.1. The molecule has 0 saturated heterocycles. The van der Waals surface area contributed by atoms with Crippen molar-refractivity contribution >= 4 is 11.6 Å². The van der Waals surface area contributed by atoms with Crippen molar-refractivity contribution < 1.29 is 4.79 Å². The molecule has 1 unspecified atom stereocenters. The second kappa shape index (κ2) is 8.77. The molecule has 0 fully saturated rings. The van der Waals surface area contributed by atoms with Crippen LogP contribution in [-0.4, -0.2) is 35.4 Å². The first-order valence-electron chi connectivity index (χ1n) is 8.85. The van der Waals surface area contributed by atoms with E-state index in [9.17, 15) is 4.79 Å². The summed E-state index contributed by atoms with van der Waals surface area (Å²) < 4.78 is 0. The molecule has 4 heteroatoms. The van der Waals surface area contributed by atoms with Crippen molar-refractivity contribution in [3.8, 4) is 0 Å². The molecular weight excluding hydrogens is 310 g/mol. The van der Waals surface area contributed by atoms with Crippen molar-refractivity contribution in [1.29, 1.82) is 0 Å². The predicted octanol–water partition coefficient (Wildman–Crippen LogP) is 3.90. The van der Waals surface area contributed by atoms with Gasteiger partial charge in [-0.05, 0) is 63.6 Å². The number of aryl methyl sites for hydroxylation is 2. The number of likely N-dealkylation sites (N-methyl/N-ethyl adjacent to an activating group) is 1. The van der Waals surface area contributed by atoms with Gasteiger partial charge in [0.15, 0.2) is 0 Å². The number of nitrogens with one attached hydrogen (secondary N) is 1. The van der Waals surface area contributed by atoms with Crippen molar-refractivity contribution in [2.45, 2.75) is 46.6 Å². The smallest absolute Gasteiger partial charge is 0.225 e. The number of nitrogens with zero attached hydrogens (tertiary/aromatic N) is 2. The molecule has 2 aromatic rings. The summed E-state index contributed by atoms with van der Waals surface area (Å²) in [5, 5.41) is 3.03. The Hall–Kier alpha value is -2.20. The van der Waals surface area contributed by atoms with Gasteiger partial charge in [-0.15, -0.1) is 0 Å². The minimum absolute atomic E-state index is 0.0572. The lowest BCUT2D eigenvalue weighted by atomic mass is 10.1. The maximum absolute atomic E-state index is 12.3. The lowest BCUT2D eigenvalue weighted by Crippen LogP contribution is -2.34. The van der Waals surface area contributed by atoms with Gasteiger partial charge in [0, 0.05) is 43.0 Å². The van der Waals surface area contributed by atoms with Gasteiger partial charge in [-0.3, -0.25) is 9.78 Å². The van der Waals surface area contributed by atoms with E-state index in [1.807, 2.05) is 31.3 Å². The second-order valence-electron chi connectivity index (χ2n) is 6.85. The van der Waals surface area contributed by atoms with E-state index in [0.717, 1.165) is 29.9 Å². The van der Waals surface area contributed by atoms with Crippen molar-refractivity contribution in [2.24, 2.45) is 0 Å². The number of amides is 1. The molecule has 0 aliphatic heterocycles. The molecule has 1 aromatic carbocycles. The summed E-state index contributed by atoms with van der Waals surface area (Å²) in [5.74, 6) is 0.0572. The maximum atomic E-state index is 12.3. The van der Waals surface area contributed by atoms with Gasteiger partial charge in [0.1, 0.15) is 0 Å². The largest absolute Gasteiger partial charge is 0.326 e. The van der Waals surface area contributed by atoms with Gasteiger partial charge in [-0.1, -0.05) is 18.2 Å². The van der Waals surface area contributed by atoms with Gasteiger partial charge in [-0.25, -0.2) is 0 Å². The molecule has 1 amide bonds. The van der Waals surface area contributed by atoms with E-state index in [1.54, 1.807) is 0 Å². The van der Waals surface area contributed by atoms with Crippen LogP contribution in [-0.2, 0) is 11.2 Å². The van der Waals surface area contributed by atoms with E-state index < -0.39 is 0 Å². The zero-order valence-corrected chi connectivity index (χ0v) is 16.0. The zero-order chi connectivity index (χ0) is 18.4. The summed E-state index contributed by atoms with van der Waals surface area (Å²) in [6.45, 7) is 9.08. The van der Waals surface area contributed by atoms with Crippen molar-refractivity contribution in [3.63, 3.8) is 0 Å². The van der Waals surface area contributed by atoms with Gasteiger partial charge in [-0.2, -0.15) is 0 Å². The number of anilines is 1. The molecule has 0 radical (unpaired) electrons. The van der Waals surface area contributed by atoms with Crippen LogP contribution in [0.25, 0.3) is 0 Å². The first-order chi connectivity index (χ1) is 11.9. The summed E-state index contributed by atoms with van der Waals surface area (Å²) >= 11 is 0. The van der Waals surface area contributed by atoms with Gasteiger partial charge in [0.25, 0.3) is 0 Å². The third-order valence-electron chi connectivity index (χ3n) is 4.93. The lowest BCUT2D eigenvalue weighted by molar-refractivity contribution is -0.116. The lowest BCUT2D eigenvalue weighted by Gasteiger charge is -2.24. The van der Waals surface area contributed by atoms with Crippen LogP contribution in [0.2, 0.25) is 0 Å². The van der Waals surface area contributed by atoms with Crippen LogP contribution in [0.4, 0.5) is 5.69 Å². The van der Waals surface area contributed by atoms with E-state index in [-0.39, 0.29) is 5.91 Å². The molecule has 0 aliphatic rings. The van der Waals surface area contributed by atoms with Crippen molar-refractivity contribution in [1.82, 2.24) is 9.88 Å². The first-order valence-corrected chi connectivity index (χ1v) is 8.85. The maximum Gasteiger partial charge on any atom is 0.225 e. The van der Waals surface area contributed by atoms with E-state index in [1.165, 1.54) is 11.1 Å². The number of benzene rings is 1. The quantitative estimate of drug-likeness (QED) is 0.832. The Morgan fingerprint density at radius 1 is 1.16 bits per heavy atom. The molecule has 134 valence electrons. The Labute approximate surface area is 151 Å². The Morgan fingerprint density at radius 2 is 1.88 bits per heavy atom. The fourth-order valence-corrected chi connectivity index (χ4v) is 2.77. The highest BCUT2D eigenvalue weighted by molar-refractivity contribution is 5.91. The molecule has 0 spiro atoms. The molecular formula is C21H29N3O. The molecule has 1 aromatic heterocycles. The average Bonchev–Trinajstić information content (AvgIpc) is 2.58.